The van der Waals surface area contributed by atoms with Crippen LogP contribution in [-0.2, 0) is 22.4 Å². The number of amides is 2. The molecule has 9 heteroatoms. The summed E-state index contributed by atoms with van der Waals surface area (Å²) in [7, 11) is 0. The number of ether oxygens (including phenoxy) is 2. The van der Waals surface area contributed by atoms with E-state index in [0.717, 1.165) is 54.6 Å². The molecule has 0 spiro atoms. The Hall–Kier alpha value is -3.85. The van der Waals surface area contributed by atoms with E-state index in [2.05, 4.69) is 15.3 Å². The van der Waals surface area contributed by atoms with Crippen molar-refractivity contribution >= 4 is 23.4 Å². The number of hydrogen-bond donors (Lipinski definition) is 1. The van der Waals surface area contributed by atoms with E-state index in [0.29, 0.717) is 25.1 Å². The molecule has 3 heterocycles. The first-order valence-corrected chi connectivity index (χ1v) is 12.6. The SMILES string of the molecule is CC(C)(C)OC(=O)N1CCc2c(cnn2-c2cccc(C(=O)Nc3ccc(N4CCOCC4)cc3)c2)C1. The van der Waals surface area contributed by atoms with Crippen LogP contribution < -0.4 is 10.2 Å². The van der Waals surface area contributed by atoms with E-state index < -0.39 is 5.60 Å². The van der Waals surface area contributed by atoms with Crippen LogP contribution in [-0.4, -0.2) is 65.1 Å². The first kappa shape index (κ1) is 24.8. The Bertz CT molecular complexity index is 1270. The molecule has 0 saturated carbocycles. The van der Waals surface area contributed by atoms with E-state index >= 15 is 0 Å². The van der Waals surface area contributed by atoms with Gasteiger partial charge in [-0.1, -0.05) is 6.07 Å². The highest BCUT2D eigenvalue weighted by atomic mass is 16.6. The van der Waals surface area contributed by atoms with Crippen molar-refractivity contribution in [3.63, 3.8) is 0 Å². The molecule has 9 nitrogen and oxygen atoms in total. The highest BCUT2D eigenvalue weighted by molar-refractivity contribution is 6.04. The van der Waals surface area contributed by atoms with Crippen molar-refractivity contribution in [2.75, 3.05) is 43.1 Å². The molecule has 3 aromatic rings. The Labute approximate surface area is 217 Å². The van der Waals surface area contributed by atoms with E-state index in [-0.39, 0.29) is 12.0 Å². The average molecular weight is 504 g/mol. The van der Waals surface area contributed by atoms with Gasteiger partial charge >= 0.3 is 6.09 Å². The van der Waals surface area contributed by atoms with Gasteiger partial charge in [0.05, 0.1) is 37.3 Å². The Balaban J connectivity index is 1.26. The number of carbonyl (C=O) groups is 2. The minimum Gasteiger partial charge on any atom is -0.444 e. The van der Waals surface area contributed by atoms with Crippen LogP contribution in [0.5, 0.6) is 0 Å². The van der Waals surface area contributed by atoms with E-state index in [9.17, 15) is 9.59 Å². The standard InChI is InChI=1S/C28H33N5O4/c1-28(2,3)37-27(35)32-12-11-25-21(19-32)18-29-33(25)24-6-4-5-20(17-24)26(34)30-22-7-9-23(10-8-22)31-13-15-36-16-14-31/h4-10,17-18H,11-16,19H2,1-3H3,(H,30,34). The summed E-state index contributed by atoms with van der Waals surface area (Å²) in [6, 6.07) is 15.3. The summed E-state index contributed by atoms with van der Waals surface area (Å²) in [6.45, 7) is 9.79. The van der Waals surface area contributed by atoms with Gasteiger partial charge in [-0.05, 0) is 63.2 Å². The van der Waals surface area contributed by atoms with E-state index in [4.69, 9.17) is 9.47 Å². The monoisotopic (exact) mass is 503 g/mol. The second kappa shape index (κ2) is 10.3. The lowest BCUT2D eigenvalue weighted by molar-refractivity contribution is 0.0223. The first-order valence-electron chi connectivity index (χ1n) is 12.6. The quantitative estimate of drug-likeness (QED) is 0.573. The molecule has 37 heavy (non-hydrogen) atoms. The van der Waals surface area contributed by atoms with Crippen LogP contribution in [0.2, 0.25) is 0 Å². The van der Waals surface area contributed by atoms with Crippen molar-refractivity contribution in [2.24, 2.45) is 0 Å². The zero-order valence-corrected chi connectivity index (χ0v) is 21.6. The Morgan fingerprint density at radius 1 is 1.00 bits per heavy atom. The molecule has 0 aliphatic carbocycles. The summed E-state index contributed by atoms with van der Waals surface area (Å²) < 4.78 is 12.8. The van der Waals surface area contributed by atoms with Crippen molar-refractivity contribution in [3.8, 4) is 5.69 Å². The number of carbonyl (C=O) groups excluding carboxylic acids is 2. The van der Waals surface area contributed by atoms with Crippen LogP contribution in [0.15, 0.2) is 54.7 Å². The number of aromatic nitrogens is 2. The van der Waals surface area contributed by atoms with Gasteiger partial charge in [0.25, 0.3) is 5.91 Å². The molecule has 2 aromatic carbocycles. The van der Waals surface area contributed by atoms with Gasteiger partial charge in [-0.3, -0.25) is 4.79 Å². The van der Waals surface area contributed by atoms with E-state index in [1.54, 1.807) is 17.2 Å². The summed E-state index contributed by atoms with van der Waals surface area (Å²) in [5.41, 5.74) is 4.70. The molecule has 0 radical (unpaired) electrons. The molecule has 1 N–H and O–H groups in total. The predicted octanol–water partition coefficient (Wildman–Crippen LogP) is 4.25. The van der Waals surface area contributed by atoms with Gasteiger partial charge < -0.3 is 24.6 Å². The summed E-state index contributed by atoms with van der Waals surface area (Å²) in [5.74, 6) is -0.182. The molecular weight excluding hydrogens is 470 g/mol. The minimum atomic E-state index is -0.534. The smallest absolute Gasteiger partial charge is 0.410 e. The summed E-state index contributed by atoms with van der Waals surface area (Å²) in [4.78, 5) is 29.5. The highest BCUT2D eigenvalue weighted by Gasteiger charge is 2.28. The molecule has 2 aliphatic heterocycles. The van der Waals surface area contributed by atoms with Gasteiger partial charge in [-0.15, -0.1) is 0 Å². The molecule has 0 bridgehead atoms. The van der Waals surface area contributed by atoms with Crippen LogP contribution >= 0.6 is 0 Å². The van der Waals surface area contributed by atoms with Crippen LogP contribution in [0.4, 0.5) is 16.2 Å². The number of benzene rings is 2. The molecule has 2 aliphatic rings. The Kier molecular flexibility index (Phi) is 6.88. The fourth-order valence-corrected chi connectivity index (χ4v) is 4.60. The van der Waals surface area contributed by atoms with Gasteiger partial charge in [-0.25, -0.2) is 9.48 Å². The largest absolute Gasteiger partial charge is 0.444 e. The third kappa shape index (κ3) is 5.77. The maximum atomic E-state index is 13.0. The molecule has 1 saturated heterocycles. The lowest BCUT2D eigenvalue weighted by Gasteiger charge is -2.30. The van der Waals surface area contributed by atoms with Crippen molar-refractivity contribution in [3.05, 3.63) is 71.5 Å². The van der Waals surface area contributed by atoms with Crippen LogP contribution in [0.1, 0.15) is 42.4 Å². The van der Waals surface area contributed by atoms with Crippen molar-refractivity contribution < 1.29 is 19.1 Å². The van der Waals surface area contributed by atoms with Crippen molar-refractivity contribution in [2.45, 2.75) is 39.3 Å². The van der Waals surface area contributed by atoms with Gasteiger partial charge in [0.15, 0.2) is 0 Å². The maximum absolute atomic E-state index is 13.0. The fraction of sp³-hybridized carbons (Fsp3) is 0.393. The molecule has 5 rings (SSSR count). The van der Waals surface area contributed by atoms with Gasteiger partial charge in [0.1, 0.15) is 5.60 Å². The molecule has 0 unspecified atom stereocenters. The predicted molar refractivity (Wildman–Crippen MR) is 141 cm³/mol. The van der Waals surface area contributed by atoms with Gasteiger partial charge in [0.2, 0.25) is 0 Å². The zero-order chi connectivity index (χ0) is 26.0. The number of fused-ring (bicyclic) bond motifs is 1. The summed E-state index contributed by atoms with van der Waals surface area (Å²) in [5, 5.41) is 7.56. The van der Waals surface area contributed by atoms with Crippen molar-refractivity contribution in [1.29, 1.82) is 0 Å². The number of anilines is 2. The molecule has 0 atom stereocenters. The van der Waals surface area contributed by atoms with Crippen molar-refractivity contribution in [1.82, 2.24) is 14.7 Å². The highest BCUT2D eigenvalue weighted by Crippen LogP contribution is 2.24. The summed E-state index contributed by atoms with van der Waals surface area (Å²) >= 11 is 0. The zero-order valence-electron chi connectivity index (χ0n) is 21.6. The Morgan fingerprint density at radius 3 is 2.49 bits per heavy atom. The normalized spacial score (nSPS) is 15.8. The fourth-order valence-electron chi connectivity index (χ4n) is 4.60. The number of nitrogens with zero attached hydrogens (tertiary/aromatic N) is 4. The lowest BCUT2D eigenvalue weighted by Crippen LogP contribution is -2.40. The molecule has 1 aromatic heterocycles. The lowest BCUT2D eigenvalue weighted by atomic mass is 10.1. The van der Waals surface area contributed by atoms with Crippen LogP contribution in [0.25, 0.3) is 5.69 Å². The molecule has 2 amide bonds. The number of morpholine rings is 1. The summed E-state index contributed by atoms with van der Waals surface area (Å²) in [6.07, 6.45) is 2.12. The van der Waals surface area contributed by atoms with Gasteiger partial charge in [0, 0.05) is 48.6 Å². The van der Waals surface area contributed by atoms with Gasteiger partial charge in [-0.2, -0.15) is 5.10 Å². The topological polar surface area (TPSA) is 88.9 Å². The number of hydrogen-bond acceptors (Lipinski definition) is 6. The second-order valence-corrected chi connectivity index (χ2v) is 10.3. The first-order chi connectivity index (χ1) is 17.8. The third-order valence-electron chi connectivity index (χ3n) is 6.44. The Morgan fingerprint density at radius 2 is 1.76 bits per heavy atom. The maximum Gasteiger partial charge on any atom is 0.410 e. The molecular formula is C28H33N5O4. The molecule has 194 valence electrons. The second-order valence-electron chi connectivity index (χ2n) is 10.3. The van der Waals surface area contributed by atoms with E-state index in [1.165, 1.54) is 0 Å². The number of rotatable bonds is 4. The number of nitrogens with one attached hydrogen (secondary N) is 1. The van der Waals surface area contributed by atoms with Crippen LogP contribution in [0.3, 0.4) is 0 Å². The average Bonchev–Trinajstić information content (AvgIpc) is 3.32. The third-order valence-corrected chi connectivity index (χ3v) is 6.44. The van der Waals surface area contributed by atoms with E-state index in [1.807, 2.05) is 67.9 Å². The van der Waals surface area contributed by atoms with Crippen LogP contribution in [0, 0.1) is 0 Å². The minimum absolute atomic E-state index is 0.182. The molecule has 1 fully saturated rings.